The Kier molecular flexibility index (Phi) is 5.35. The molecule has 1 amide bonds. The molecule has 0 atom stereocenters. The lowest BCUT2D eigenvalue weighted by Crippen LogP contribution is -2.21. The van der Waals surface area contributed by atoms with Crippen molar-refractivity contribution in [2.45, 2.75) is 20.8 Å². The van der Waals surface area contributed by atoms with Gasteiger partial charge >= 0.3 is 5.97 Å². The molecule has 24 heavy (non-hydrogen) atoms. The minimum atomic E-state index is -0.706. The van der Waals surface area contributed by atoms with Crippen LogP contribution in [-0.2, 0) is 9.53 Å². The Morgan fingerprint density at radius 3 is 2.54 bits per heavy atom. The molecule has 2 aromatic rings. The van der Waals surface area contributed by atoms with E-state index in [-0.39, 0.29) is 11.5 Å². The van der Waals surface area contributed by atoms with Crippen molar-refractivity contribution in [3.8, 4) is 0 Å². The zero-order valence-corrected chi connectivity index (χ0v) is 14.2. The number of pyridine rings is 1. The van der Waals surface area contributed by atoms with Crippen LogP contribution < -0.4 is 5.32 Å². The fourth-order valence-corrected chi connectivity index (χ4v) is 2.43. The number of ether oxygens (including phenoxy) is 1. The van der Waals surface area contributed by atoms with Crippen LogP contribution in [0.2, 0.25) is 5.02 Å². The fourth-order valence-electron chi connectivity index (χ4n) is 2.31. The number of aryl methyl sites for hydroxylation is 1. The number of carbonyl (C=O) groups is 3. The van der Waals surface area contributed by atoms with Crippen molar-refractivity contribution >= 4 is 35.1 Å². The summed E-state index contributed by atoms with van der Waals surface area (Å²) in [7, 11) is 0. The number of hydrogen-bond acceptors (Lipinski definition) is 5. The van der Waals surface area contributed by atoms with Crippen LogP contribution in [0.3, 0.4) is 0 Å². The van der Waals surface area contributed by atoms with Gasteiger partial charge in [-0.1, -0.05) is 11.6 Å². The van der Waals surface area contributed by atoms with E-state index in [0.29, 0.717) is 27.7 Å². The smallest absolute Gasteiger partial charge is 0.355 e. The number of anilines is 1. The van der Waals surface area contributed by atoms with Crippen LogP contribution in [-0.4, -0.2) is 34.2 Å². The topological polar surface area (TPSA) is 101 Å². The third-order valence-corrected chi connectivity index (χ3v) is 3.55. The van der Waals surface area contributed by atoms with Crippen LogP contribution in [0.25, 0.3) is 0 Å². The molecule has 2 N–H and O–H groups in total. The van der Waals surface area contributed by atoms with E-state index in [1.165, 1.54) is 19.2 Å². The van der Waals surface area contributed by atoms with Crippen molar-refractivity contribution in [2.24, 2.45) is 0 Å². The molecule has 0 aromatic carbocycles. The quantitative estimate of drug-likeness (QED) is 0.638. The zero-order valence-electron chi connectivity index (χ0n) is 13.4. The average Bonchev–Trinajstić information content (AvgIpc) is 2.82. The van der Waals surface area contributed by atoms with Gasteiger partial charge in [-0.15, -0.1) is 0 Å². The fraction of sp³-hybridized carbons (Fsp3) is 0.250. The molecule has 0 unspecified atom stereocenters. The molecular weight excluding hydrogens is 334 g/mol. The average molecular weight is 350 g/mol. The minimum absolute atomic E-state index is 0.146. The highest BCUT2D eigenvalue weighted by molar-refractivity contribution is 6.30. The number of nitrogens with zero attached hydrogens (tertiary/aromatic N) is 1. The molecule has 2 heterocycles. The van der Waals surface area contributed by atoms with Gasteiger partial charge in [-0.3, -0.25) is 9.59 Å². The number of ketones is 1. The Balaban J connectivity index is 1.98. The standard InChI is InChI=1S/C16H16ClN3O4/c1-8-14(10(3)21)9(2)19-15(8)16(23)24-7-13(22)20-12-5-4-11(17)6-18-12/h4-6,19H,7H2,1-3H3,(H,18,20,22). The first-order valence-corrected chi connectivity index (χ1v) is 7.46. The number of halogens is 1. The molecule has 2 rings (SSSR count). The van der Waals surface area contributed by atoms with E-state index in [4.69, 9.17) is 16.3 Å². The van der Waals surface area contributed by atoms with Gasteiger partial charge in [0.15, 0.2) is 12.4 Å². The number of Topliss-reactive ketones (excluding diaryl/α,β-unsaturated/α-hetero) is 1. The van der Waals surface area contributed by atoms with Gasteiger partial charge in [0.25, 0.3) is 5.91 Å². The summed E-state index contributed by atoms with van der Waals surface area (Å²) in [4.78, 5) is 42.1. The van der Waals surface area contributed by atoms with E-state index < -0.39 is 18.5 Å². The van der Waals surface area contributed by atoms with Gasteiger partial charge in [-0.2, -0.15) is 0 Å². The van der Waals surface area contributed by atoms with Gasteiger partial charge in [0.1, 0.15) is 11.5 Å². The number of rotatable bonds is 5. The second-order valence-corrected chi connectivity index (χ2v) is 5.60. The number of nitrogens with one attached hydrogen (secondary N) is 2. The summed E-state index contributed by atoms with van der Waals surface area (Å²) < 4.78 is 4.97. The first-order valence-electron chi connectivity index (χ1n) is 7.08. The third kappa shape index (κ3) is 3.99. The summed E-state index contributed by atoms with van der Waals surface area (Å²) in [6, 6.07) is 3.10. The van der Waals surface area contributed by atoms with Crippen LogP contribution in [0.1, 0.15) is 39.0 Å². The van der Waals surface area contributed by atoms with Crippen LogP contribution >= 0.6 is 11.6 Å². The largest absolute Gasteiger partial charge is 0.451 e. The molecule has 0 radical (unpaired) electrons. The number of aromatic amines is 1. The normalized spacial score (nSPS) is 10.3. The van der Waals surface area contributed by atoms with Crippen molar-refractivity contribution in [2.75, 3.05) is 11.9 Å². The van der Waals surface area contributed by atoms with Crippen molar-refractivity contribution in [3.63, 3.8) is 0 Å². The molecule has 2 aromatic heterocycles. The highest BCUT2D eigenvalue weighted by Gasteiger charge is 2.21. The number of H-pyrrole nitrogens is 1. The molecule has 8 heteroatoms. The third-order valence-electron chi connectivity index (χ3n) is 3.32. The van der Waals surface area contributed by atoms with Crippen molar-refractivity contribution < 1.29 is 19.1 Å². The number of aromatic nitrogens is 2. The number of carbonyl (C=O) groups excluding carboxylic acids is 3. The van der Waals surface area contributed by atoms with Crippen LogP contribution in [0.4, 0.5) is 5.82 Å². The Hall–Kier alpha value is -2.67. The van der Waals surface area contributed by atoms with Crippen LogP contribution in [0.5, 0.6) is 0 Å². The zero-order chi connectivity index (χ0) is 17.9. The number of amides is 1. The maximum Gasteiger partial charge on any atom is 0.355 e. The van der Waals surface area contributed by atoms with Crippen molar-refractivity contribution in [1.29, 1.82) is 0 Å². The van der Waals surface area contributed by atoms with E-state index in [0.717, 1.165) is 0 Å². The Bertz CT molecular complexity index is 796. The summed E-state index contributed by atoms with van der Waals surface area (Å²) in [5, 5.41) is 2.92. The summed E-state index contributed by atoms with van der Waals surface area (Å²) >= 11 is 5.70. The van der Waals surface area contributed by atoms with E-state index in [1.807, 2.05) is 0 Å². The van der Waals surface area contributed by atoms with E-state index in [1.54, 1.807) is 19.9 Å². The maximum atomic E-state index is 12.1. The Morgan fingerprint density at radius 2 is 2.00 bits per heavy atom. The van der Waals surface area contributed by atoms with Gasteiger partial charge in [0.05, 0.1) is 5.02 Å². The van der Waals surface area contributed by atoms with E-state index >= 15 is 0 Å². The predicted molar refractivity (Wildman–Crippen MR) is 88.4 cm³/mol. The predicted octanol–water partition coefficient (Wildman–Crippen LogP) is 2.68. The van der Waals surface area contributed by atoms with E-state index in [2.05, 4.69) is 15.3 Å². The van der Waals surface area contributed by atoms with Crippen molar-refractivity contribution in [1.82, 2.24) is 9.97 Å². The summed E-state index contributed by atoms with van der Waals surface area (Å²) in [5.41, 5.74) is 1.71. The van der Waals surface area contributed by atoms with Gasteiger partial charge in [-0.25, -0.2) is 9.78 Å². The molecule has 0 fully saturated rings. The number of hydrogen-bond donors (Lipinski definition) is 2. The lowest BCUT2D eigenvalue weighted by molar-refractivity contribution is -0.119. The molecule has 0 saturated carbocycles. The van der Waals surface area contributed by atoms with Crippen LogP contribution in [0.15, 0.2) is 18.3 Å². The van der Waals surface area contributed by atoms with Crippen LogP contribution in [0, 0.1) is 13.8 Å². The second kappa shape index (κ2) is 7.27. The highest BCUT2D eigenvalue weighted by Crippen LogP contribution is 2.19. The van der Waals surface area contributed by atoms with Gasteiger partial charge in [-0.05, 0) is 38.5 Å². The Labute approximate surface area is 143 Å². The maximum absolute atomic E-state index is 12.1. The molecule has 7 nitrogen and oxygen atoms in total. The summed E-state index contributed by atoms with van der Waals surface area (Å²) in [6.07, 6.45) is 1.39. The molecule has 126 valence electrons. The molecular formula is C16H16ClN3O4. The first kappa shape index (κ1) is 17.7. The SMILES string of the molecule is CC(=O)c1c(C)[nH]c(C(=O)OCC(=O)Nc2ccc(Cl)cn2)c1C. The first-order chi connectivity index (χ1) is 11.3. The minimum Gasteiger partial charge on any atom is -0.451 e. The molecule has 0 aliphatic rings. The lowest BCUT2D eigenvalue weighted by atomic mass is 10.1. The molecule has 0 aliphatic heterocycles. The molecule has 0 aliphatic carbocycles. The lowest BCUT2D eigenvalue weighted by Gasteiger charge is -2.06. The van der Waals surface area contributed by atoms with E-state index in [9.17, 15) is 14.4 Å². The highest BCUT2D eigenvalue weighted by atomic mass is 35.5. The summed E-state index contributed by atoms with van der Waals surface area (Å²) in [5.74, 6) is -1.09. The van der Waals surface area contributed by atoms with Gasteiger partial charge in [0, 0.05) is 17.5 Å². The molecule has 0 saturated heterocycles. The Morgan fingerprint density at radius 1 is 1.29 bits per heavy atom. The van der Waals surface area contributed by atoms with Crippen molar-refractivity contribution in [3.05, 3.63) is 45.9 Å². The second-order valence-electron chi connectivity index (χ2n) is 5.17. The molecule has 0 bridgehead atoms. The monoisotopic (exact) mass is 349 g/mol. The summed E-state index contributed by atoms with van der Waals surface area (Å²) in [6.45, 7) is 4.29. The number of esters is 1. The van der Waals surface area contributed by atoms with Gasteiger partial charge < -0.3 is 15.0 Å². The molecule has 0 spiro atoms. The van der Waals surface area contributed by atoms with Gasteiger partial charge in [0.2, 0.25) is 0 Å².